The summed E-state index contributed by atoms with van der Waals surface area (Å²) in [6, 6.07) is 0. The highest BCUT2D eigenvalue weighted by atomic mass is 35.5. The molecule has 0 saturated carbocycles. The lowest BCUT2D eigenvalue weighted by atomic mass is 10.2. The molecule has 0 aliphatic carbocycles. The van der Waals surface area contributed by atoms with Crippen LogP contribution in [0.25, 0.3) is 11.0 Å². The van der Waals surface area contributed by atoms with Crippen molar-refractivity contribution in [1.29, 1.82) is 0 Å². The highest BCUT2D eigenvalue weighted by molar-refractivity contribution is 6.34. The Morgan fingerprint density at radius 3 is 2.81 bits per heavy atom. The van der Waals surface area contributed by atoms with E-state index in [2.05, 4.69) is 21.5 Å². The van der Waals surface area contributed by atoms with Crippen molar-refractivity contribution in [1.82, 2.24) is 14.5 Å². The van der Waals surface area contributed by atoms with Crippen molar-refractivity contribution >= 4 is 22.6 Å². The number of methoxy groups -OCH3 is 1. The van der Waals surface area contributed by atoms with Gasteiger partial charge in [-0.1, -0.05) is 11.6 Å². The van der Waals surface area contributed by atoms with Gasteiger partial charge in [-0.05, 0) is 19.4 Å². The topological polar surface area (TPSA) is 39.9 Å². The molecule has 0 atom stereocenters. The van der Waals surface area contributed by atoms with Gasteiger partial charge in [-0.3, -0.25) is 0 Å². The third-order valence-electron chi connectivity index (χ3n) is 2.88. The van der Waals surface area contributed by atoms with Crippen LogP contribution in [0.5, 0.6) is 0 Å². The Morgan fingerprint density at radius 2 is 2.12 bits per heavy atom. The molecule has 0 unspecified atom stereocenters. The van der Waals surface area contributed by atoms with E-state index in [1.54, 1.807) is 7.11 Å². The van der Waals surface area contributed by atoms with Gasteiger partial charge in [-0.15, -0.1) is 0 Å². The summed E-state index contributed by atoms with van der Waals surface area (Å²) in [4.78, 5) is 8.30. The molecule has 2 rings (SSSR count). The minimum absolute atomic E-state index is 0.516. The predicted octanol–water partition coefficient (Wildman–Crippen LogP) is 2.35. The van der Waals surface area contributed by atoms with Crippen molar-refractivity contribution in [3.05, 3.63) is 22.7 Å². The summed E-state index contributed by atoms with van der Waals surface area (Å²) >= 11 is 6.09. The van der Waals surface area contributed by atoms with Crippen LogP contribution < -0.4 is 0 Å². The Bertz CT molecular complexity index is 521. The number of rotatable bonds is 3. The SMILES string of the molecule is COCCn1c(C)c(C)c2c(Cl)ncnc21. The van der Waals surface area contributed by atoms with Crippen LogP contribution in [0.2, 0.25) is 5.15 Å². The normalized spacial score (nSPS) is 11.2. The summed E-state index contributed by atoms with van der Waals surface area (Å²) in [5.74, 6) is 0. The van der Waals surface area contributed by atoms with Gasteiger partial charge in [0.25, 0.3) is 0 Å². The van der Waals surface area contributed by atoms with Crippen molar-refractivity contribution in [3.63, 3.8) is 0 Å². The van der Waals surface area contributed by atoms with Crippen molar-refractivity contribution in [2.24, 2.45) is 0 Å². The van der Waals surface area contributed by atoms with E-state index in [1.807, 2.05) is 6.92 Å². The van der Waals surface area contributed by atoms with Gasteiger partial charge in [0, 0.05) is 19.3 Å². The van der Waals surface area contributed by atoms with Crippen LogP contribution in [0.3, 0.4) is 0 Å². The molecule has 2 aromatic heterocycles. The number of fused-ring (bicyclic) bond motifs is 1. The molecule has 0 aromatic carbocycles. The largest absolute Gasteiger partial charge is 0.383 e. The van der Waals surface area contributed by atoms with E-state index in [-0.39, 0.29) is 0 Å². The van der Waals surface area contributed by atoms with Crippen LogP contribution in [-0.2, 0) is 11.3 Å². The van der Waals surface area contributed by atoms with Crippen molar-refractivity contribution in [2.75, 3.05) is 13.7 Å². The zero-order valence-corrected chi connectivity index (χ0v) is 10.4. The average Bonchev–Trinajstić information content (AvgIpc) is 2.51. The summed E-state index contributed by atoms with van der Waals surface area (Å²) in [5.41, 5.74) is 3.18. The number of ether oxygens (including phenoxy) is 1. The second kappa shape index (κ2) is 4.39. The molecule has 0 amide bonds. The van der Waals surface area contributed by atoms with E-state index in [0.717, 1.165) is 28.8 Å². The first-order valence-electron chi connectivity index (χ1n) is 5.11. The minimum atomic E-state index is 0.516. The van der Waals surface area contributed by atoms with Crippen molar-refractivity contribution < 1.29 is 4.74 Å². The zero-order chi connectivity index (χ0) is 11.7. The highest BCUT2D eigenvalue weighted by Gasteiger charge is 2.14. The summed E-state index contributed by atoms with van der Waals surface area (Å²) in [6.07, 6.45) is 1.49. The molecule has 0 aliphatic heterocycles. The van der Waals surface area contributed by atoms with E-state index < -0.39 is 0 Å². The molecule has 0 radical (unpaired) electrons. The molecule has 0 saturated heterocycles. The standard InChI is InChI=1S/C11H14ClN3O/c1-7-8(2)15(4-5-16-3)11-9(7)10(12)13-6-14-11/h6H,4-5H2,1-3H3. The van der Waals surface area contributed by atoms with E-state index >= 15 is 0 Å². The fourth-order valence-electron chi connectivity index (χ4n) is 1.88. The smallest absolute Gasteiger partial charge is 0.145 e. The number of aromatic nitrogens is 3. The van der Waals surface area contributed by atoms with Crippen LogP contribution >= 0.6 is 11.6 Å². The molecule has 2 heterocycles. The molecular formula is C11H14ClN3O. The van der Waals surface area contributed by atoms with Crippen molar-refractivity contribution in [2.45, 2.75) is 20.4 Å². The van der Waals surface area contributed by atoms with Gasteiger partial charge in [0.05, 0.1) is 12.0 Å². The number of hydrogen-bond acceptors (Lipinski definition) is 3. The maximum atomic E-state index is 6.09. The molecule has 0 aliphatic rings. The van der Waals surface area contributed by atoms with Crippen LogP contribution in [0, 0.1) is 13.8 Å². The lowest BCUT2D eigenvalue weighted by Crippen LogP contribution is -2.06. The summed E-state index contributed by atoms with van der Waals surface area (Å²) in [6.45, 7) is 5.53. The van der Waals surface area contributed by atoms with Gasteiger partial charge < -0.3 is 9.30 Å². The fourth-order valence-corrected chi connectivity index (χ4v) is 2.15. The molecule has 0 spiro atoms. The summed E-state index contributed by atoms with van der Waals surface area (Å²) < 4.78 is 7.20. The minimum Gasteiger partial charge on any atom is -0.383 e. The fraction of sp³-hybridized carbons (Fsp3) is 0.455. The Morgan fingerprint density at radius 1 is 1.38 bits per heavy atom. The maximum absolute atomic E-state index is 6.09. The van der Waals surface area contributed by atoms with E-state index in [0.29, 0.717) is 11.8 Å². The monoisotopic (exact) mass is 239 g/mol. The van der Waals surface area contributed by atoms with Crippen LogP contribution in [0.15, 0.2) is 6.33 Å². The Kier molecular flexibility index (Phi) is 3.12. The Hall–Kier alpha value is -1.13. The Labute approximate surface area is 99.2 Å². The second-order valence-corrected chi connectivity index (χ2v) is 4.08. The quantitative estimate of drug-likeness (QED) is 0.772. The molecule has 0 bridgehead atoms. The van der Waals surface area contributed by atoms with Gasteiger partial charge in [0.2, 0.25) is 0 Å². The van der Waals surface area contributed by atoms with Crippen LogP contribution in [0.1, 0.15) is 11.3 Å². The summed E-state index contributed by atoms with van der Waals surface area (Å²) in [5, 5.41) is 1.46. The molecular weight excluding hydrogens is 226 g/mol. The zero-order valence-electron chi connectivity index (χ0n) is 9.62. The van der Waals surface area contributed by atoms with Crippen LogP contribution in [-0.4, -0.2) is 28.3 Å². The average molecular weight is 240 g/mol. The van der Waals surface area contributed by atoms with Gasteiger partial charge in [0.1, 0.15) is 17.1 Å². The highest BCUT2D eigenvalue weighted by Crippen LogP contribution is 2.27. The van der Waals surface area contributed by atoms with Gasteiger partial charge >= 0.3 is 0 Å². The van der Waals surface area contributed by atoms with E-state index in [4.69, 9.17) is 16.3 Å². The molecule has 2 aromatic rings. The number of aryl methyl sites for hydroxylation is 1. The van der Waals surface area contributed by atoms with E-state index in [9.17, 15) is 0 Å². The second-order valence-electron chi connectivity index (χ2n) is 3.72. The molecule has 86 valence electrons. The molecule has 5 heteroatoms. The first kappa shape index (κ1) is 11.4. The number of hydrogen-bond donors (Lipinski definition) is 0. The first-order chi connectivity index (χ1) is 7.66. The third kappa shape index (κ3) is 1.68. The lowest BCUT2D eigenvalue weighted by molar-refractivity contribution is 0.187. The third-order valence-corrected chi connectivity index (χ3v) is 3.16. The first-order valence-corrected chi connectivity index (χ1v) is 5.49. The Balaban J connectivity index is 2.64. The molecule has 0 N–H and O–H groups in total. The molecule has 4 nitrogen and oxygen atoms in total. The lowest BCUT2D eigenvalue weighted by Gasteiger charge is -2.06. The predicted molar refractivity (Wildman–Crippen MR) is 63.9 cm³/mol. The van der Waals surface area contributed by atoms with E-state index in [1.165, 1.54) is 6.33 Å². The number of nitrogens with zero attached hydrogens (tertiary/aromatic N) is 3. The molecule has 0 fully saturated rings. The van der Waals surface area contributed by atoms with Gasteiger partial charge in [-0.25, -0.2) is 9.97 Å². The van der Waals surface area contributed by atoms with Crippen molar-refractivity contribution in [3.8, 4) is 0 Å². The molecule has 16 heavy (non-hydrogen) atoms. The van der Waals surface area contributed by atoms with Crippen LogP contribution in [0.4, 0.5) is 0 Å². The maximum Gasteiger partial charge on any atom is 0.145 e. The van der Waals surface area contributed by atoms with Gasteiger partial charge in [-0.2, -0.15) is 0 Å². The summed E-state index contributed by atoms with van der Waals surface area (Å²) in [7, 11) is 1.69. The van der Waals surface area contributed by atoms with Gasteiger partial charge in [0.15, 0.2) is 0 Å². The number of halogens is 1.